The second-order valence-corrected chi connectivity index (χ2v) is 5.82. The van der Waals surface area contributed by atoms with E-state index in [9.17, 15) is 4.39 Å². The Bertz CT molecular complexity index is 655. The van der Waals surface area contributed by atoms with Crippen LogP contribution in [0.1, 0.15) is 17.0 Å². The summed E-state index contributed by atoms with van der Waals surface area (Å²) in [7, 11) is 0. The van der Waals surface area contributed by atoms with Gasteiger partial charge in [0.05, 0.1) is 0 Å². The molecule has 0 aliphatic rings. The third-order valence-electron chi connectivity index (χ3n) is 3.34. The van der Waals surface area contributed by atoms with E-state index in [4.69, 9.17) is 0 Å². The molecule has 0 bridgehead atoms. The van der Waals surface area contributed by atoms with E-state index >= 15 is 0 Å². The summed E-state index contributed by atoms with van der Waals surface area (Å²) in [5.74, 6) is 0.793. The maximum Gasteiger partial charge on any atom is 0.123 e. The molecule has 2 nitrogen and oxygen atoms in total. The molecule has 0 saturated heterocycles. The molecule has 1 aromatic heterocycles. The van der Waals surface area contributed by atoms with Crippen LogP contribution >= 0.6 is 15.9 Å². The minimum Gasteiger partial charge on any atom is -0.330 e. The number of hydrogen-bond donors (Lipinski definition) is 0. The Labute approximate surface area is 131 Å². The minimum atomic E-state index is -0.209. The lowest BCUT2D eigenvalue weighted by Gasteiger charge is -2.08. The van der Waals surface area contributed by atoms with E-state index in [1.165, 1.54) is 17.7 Å². The van der Waals surface area contributed by atoms with Gasteiger partial charge in [-0.25, -0.2) is 9.37 Å². The van der Waals surface area contributed by atoms with Crippen LogP contribution in [0, 0.1) is 5.82 Å². The largest absolute Gasteiger partial charge is 0.330 e. The molecule has 0 aliphatic carbocycles. The number of hydrogen-bond acceptors (Lipinski definition) is 1. The summed E-state index contributed by atoms with van der Waals surface area (Å²) >= 11 is 3.44. The molecule has 0 saturated carbocycles. The van der Waals surface area contributed by atoms with Gasteiger partial charge in [0.15, 0.2) is 0 Å². The number of halogens is 2. The second-order valence-electron chi connectivity index (χ2n) is 4.90. The Morgan fingerprint density at radius 1 is 0.952 bits per heavy atom. The van der Waals surface area contributed by atoms with E-state index in [-0.39, 0.29) is 5.82 Å². The van der Waals surface area contributed by atoms with Crippen molar-refractivity contribution in [1.29, 1.82) is 0 Å². The average molecular weight is 345 g/mol. The highest BCUT2D eigenvalue weighted by atomic mass is 79.9. The van der Waals surface area contributed by atoms with Gasteiger partial charge in [-0.15, -0.1) is 0 Å². The fourth-order valence-electron chi connectivity index (χ4n) is 2.22. The highest BCUT2D eigenvalue weighted by Crippen LogP contribution is 2.14. The summed E-state index contributed by atoms with van der Waals surface area (Å²) < 4.78 is 16.1. The quantitative estimate of drug-likeness (QED) is 0.684. The molecule has 0 aliphatic heterocycles. The highest BCUT2D eigenvalue weighted by Gasteiger charge is 2.05. The van der Waals surface area contributed by atoms with Gasteiger partial charge in [0.1, 0.15) is 11.6 Å². The molecule has 0 spiro atoms. The van der Waals surface area contributed by atoms with Gasteiger partial charge < -0.3 is 4.57 Å². The zero-order chi connectivity index (χ0) is 14.7. The van der Waals surface area contributed by atoms with E-state index in [0.717, 1.165) is 22.3 Å². The van der Waals surface area contributed by atoms with E-state index in [1.54, 1.807) is 18.3 Å². The van der Waals surface area contributed by atoms with Gasteiger partial charge in [-0.05, 0) is 35.4 Å². The monoisotopic (exact) mass is 344 g/mol. The molecule has 2 aromatic carbocycles. The fraction of sp³-hybridized carbons (Fsp3) is 0.118. The summed E-state index contributed by atoms with van der Waals surface area (Å²) in [6.07, 6.45) is 4.54. The van der Waals surface area contributed by atoms with Crippen molar-refractivity contribution in [3.63, 3.8) is 0 Å². The molecule has 21 heavy (non-hydrogen) atoms. The van der Waals surface area contributed by atoms with E-state index in [2.05, 4.69) is 37.6 Å². The zero-order valence-electron chi connectivity index (χ0n) is 11.3. The lowest BCUT2D eigenvalue weighted by atomic mass is 10.1. The van der Waals surface area contributed by atoms with Crippen LogP contribution in [-0.4, -0.2) is 9.55 Å². The van der Waals surface area contributed by atoms with Crippen molar-refractivity contribution in [3.8, 4) is 0 Å². The zero-order valence-corrected chi connectivity index (χ0v) is 12.9. The molecule has 4 heteroatoms. The topological polar surface area (TPSA) is 17.8 Å². The van der Waals surface area contributed by atoms with Gasteiger partial charge in [-0.1, -0.05) is 40.2 Å². The fourth-order valence-corrected chi connectivity index (χ4v) is 2.49. The third-order valence-corrected chi connectivity index (χ3v) is 3.87. The molecule has 106 valence electrons. The number of imidazole rings is 1. The first-order valence-corrected chi connectivity index (χ1v) is 7.49. The van der Waals surface area contributed by atoms with E-state index in [1.807, 2.05) is 18.3 Å². The molecule has 3 aromatic rings. The highest BCUT2D eigenvalue weighted by molar-refractivity contribution is 9.10. The lowest BCUT2D eigenvalue weighted by Crippen LogP contribution is -2.05. The van der Waals surface area contributed by atoms with Gasteiger partial charge in [0.2, 0.25) is 0 Å². The molecule has 0 fully saturated rings. The standard InChI is InChI=1S/C17H14BrFN2/c18-15-5-1-13(2-6-15)11-17-20-9-10-21(17)12-14-3-7-16(19)8-4-14/h1-10H,11-12H2. The first-order chi connectivity index (χ1) is 10.2. The summed E-state index contributed by atoms with van der Waals surface area (Å²) in [6, 6.07) is 14.8. The summed E-state index contributed by atoms with van der Waals surface area (Å²) in [6.45, 7) is 0.701. The van der Waals surface area contributed by atoms with Gasteiger partial charge in [-0.3, -0.25) is 0 Å². The molecule has 0 unspecified atom stereocenters. The Hall–Kier alpha value is -1.94. The first-order valence-electron chi connectivity index (χ1n) is 6.69. The van der Waals surface area contributed by atoms with Crippen LogP contribution in [0.5, 0.6) is 0 Å². The Morgan fingerprint density at radius 2 is 1.62 bits per heavy atom. The minimum absolute atomic E-state index is 0.209. The third kappa shape index (κ3) is 3.58. The van der Waals surface area contributed by atoms with E-state index < -0.39 is 0 Å². The van der Waals surface area contributed by atoms with Crippen molar-refractivity contribution < 1.29 is 4.39 Å². The predicted molar refractivity (Wildman–Crippen MR) is 84.7 cm³/mol. The number of rotatable bonds is 4. The molecular weight excluding hydrogens is 331 g/mol. The van der Waals surface area contributed by atoms with Crippen molar-refractivity contribution in [2.75, 3.05) is 0 Å². The van der Waals surface area contributed by atoms with Crippen LogP contribution in [0.3, 0.4) is 0 Å². The summed E-state index contributed by atoms with van der Waals surface area (Å²) in [5.41, 5.74) is 2.27. The first kappa shape index (κ1) is 14.0. The van der Waals surface area contributed by atoms with E-state index in [0.29, 0.717) is 6.54 Å². The smallest absolute Gasteiger partial charge is 0.123 e. The van der Waals surface area contributed by atoms with Crippen LogP contribution < -0.4 is 0 Å². The second kappa shape index (κ2) is 6.22. The van der Waals surface area contributed by atoms with Crippen LogP contribution in [-0.2, 0) is 13.0 Å². The lowest BCUT2D eigenvalue weighted by molar-refractivity contribution is 0.626. The number of aromatic nitrogens is 2. The number of benzene rings is 2. The Morgan fingerprint density at radius 3 is 2.33 bits per heavy atom. The van der Waals surface area contributed by atoms with Crippen molar-refractivity contribution in [2.24, 2.45) is 0 Å². The Kier molecular flexibility index (Phi) is 4.15. The van der Waals surface area contributed by atoms with Gasteiger partial charge in [-0.2, -0.15) is 0 Å². The van der Waals surface area contributed by atoms with Crippen molar-refractivity contribution in [2.45, 2.75) is 13.0 Å². The molecular formula is C17H14BrFN2. The maximum atomic E-state index is 12.9. The van der Waals surface area contributed by atoms with Crippen LogP contribution in [0.15, 0.2) is 65.4 Å². The average Bonchev–Trinajstić information content (AvgIpc) is 2.91. The van der Waals surface area contributed by atoms with Crippen LogP contribution in [0.4, 0.5) is 4.39 Å². The van der Waals surface area contributed by atoms with Gasteiger partial charge in [0.25, 0.3) is 0 Å². The molecule has 0 atom stereocenters. The molecule has 0 N–H and O–H groups in total. The summed E-state index contributed by atoms with van der Waals surface area (Å²) in [5, 5.41) is 0. The molecule has 0 amide bonds. The normalized spacial score (nSPS) is 10.8. The van der Waals surface area contributed by atoms with Crippen molar-refractivity contribution in [3.05, 3.63) is 88.2 Å². The summed E-state index contributed by atoms with van der Waals surface area (Å²) in [4.78, 5) is 4.42. The van der Waals surface area contributed by atoms with Crippen molar-refractivity contribution >= 4 is 15.9 Å². The predicted octanol–water partition coefficient (Wildman–Crippen LogP) is 4.42. The SMILES string of the molecule is Fc1ccc(Cn2ccnc2Cc2ccc(Br)cc2)cc1. The van der Waals surface area contributed by atoms with Gasteiger partial charge >= 0.3 is 0 Å². The van der Waals surface area contributed by atoms with Crippen LogP contribution in [0.25, 0.3) is 0 Å². The maximum absolute atomic E-state index is 12.9. The molecule has 0 radical (unpaired) electrons. The molecule has 3 rings (SSSR count). The van der Waals surface area contributed by atoms with Gasteiger partial charge in [0, 0.05) is 29.8 Å². The Balaban J connectivity index is 1.77. The van der Waals surface area contributed by atoms with Crippen molar-refractivity contribution in [1.82, 2.24) is 9.55 Å². The van der Waals surface area contributed by atoms with Crippen LogP contribution in [0.2, 0.25) is 0 Å². The molecule has 1 heterocycles. The number of nitrogens with zero attached hydrogens (tertiary/aromatic N) is 2.